The third kappa shape index (κ3) is 2.08. The van der Waals surface area contributed by atoms with Crippen molar-refractivity contribution in [3.05, 3.63) is 34.9 Å². The molecule has 0 aromatic heterocycles. The zero-order chi connectivity index (χ0) is 12.8. The van der Waals surface area contributed by atoms with Crippen molar-refractivity contribution in [1.29, 1.82) is 0 Å². The maximum atomic E-state index is 11.7. The molecular formula is C11H15ClN2O2S. The first kappa shape index (κ1) is 12.8. The molecule has 0 aliphatic heterocycles. The van der Waals surface area contributed by atoms with E-state index >= 15 is 0 Å². The fourth-order valence-electron chi connectivity index (χ4n) is 2.50. The standard InChI is InChI=1S/C11H15ClN2O2S/c1-17(15,16)10-9(11(10,14)6-13)7-3-2-4-8(12)5-7/h2-5,9-10H,6,13-14H2,1H3/t9-,10-,11+/m1/s1. The van der Waals surface area contributed by atoms with E-state index in [4.69, 9.17) is 23.1 Å². The van der Waals surface area contributed by atoms with E-state index in [0.29, 0.717) is 5.02 Å². The number of sulfone groups is 1. The molecule has 0 spiro atoms. The van der Waals surface area contributed by atoms with Crippen LogP contribution in [0.15, 0.2) is 24.3 Å². The van der Waals surface area contributed by atoms with Crippen molar-refractivity contribution < 1.29 is 8.42 Å². The van der Waals surface area contributed by atoms with Crippen LogP contribution in [0.2, 0.25) is 5.02 Å². The van der Waals surface area contributed by atoms with E-state index in [9.17, 15) is 8.42 Å². The summed E-state index contributed by atoms with van der Waals surface area (Å²) < 4.78 is 23.3. The Balaban J connectivity index is 2.41. The molecule has 1 aliphatic carbocycles. The van der Waals surface area contributed by atoms with Crippen LogP contribution in [0.4, 0.5) is 0 Å². The first-order valence-corrected chi connectivity index (χ1v) is 7.57. The third-order valence-corrected chi connectivity index (χ3v) is 5.19. The van der Waals surface area contributed by atoms with Gasteiger partial charge < -0.3 is 11.5 Å². The topological polar surface area (TPSA) is 86.2 Å². The molecule has 0 saturated heterocycles. The minimum atomic E-state index is -3.21. The van der Waals surface area contributed by atoms with E-state index in [1.165, 1.54) is 6.26 Å². The first-order chi connectivity index (χ1) is 7.80. The highest BCUT2D eigenvalue weighted by molar-refractivity contribution is 7.91. The number of nitrogens with two attached hydrogens (primary N) is 2. The second kappa shape index (κ2) is 3.95. The van der Waals surface area contributed by atoms with Crippen LogP contribution in [0.3, 0.4) is 0 Å². The predicted molar refractivity (Wildman–Crippen MR) is 68.8 cm³/mol. The van der Waals surface area contributed by atoms with Gasteiger partial charge >= 0.3 is 0 Å². The van der Waals surface area contributed by atoms with Crippen molar-refractivity contribution in [2.24, 2.45) is 11.5 Å². The summed E-state index contributed by atoms with van der Waals surface area (Å²) in [5.74, 6) is -0.263. The van der Waals surface area contributed by atoms with Crippen LogP contribution in [0.1, 0.15) is 11.5 Å². The molecule has 1 aliphatic rings. The average Bonchev–Trinajstić information content (AvgIpc) is 2.86. The predicted octanol–water partition coefficient (Wildman–Crippen LogP) is 0.507. The van der Waals surface area contributed by atoms with Crippen molar-refractivity contribution in [3.8, 4) is 0 Å². The van der Waals surface area contributed by atoms with Gasteiger partial charge in [0.1, 0.15) is 0 Å². The molecule has 0 bridgehead atoms. The fraction of sp³-hybridized carbons (Fsp3) is 0.455. The molecule has 0 unspecified atom stereocenters. The Kier molecular flexibility index (Phi) is 2.98. The summed E-state index contributed by atoms with van der Waals surface area (Å²) in [6.07, 6.45) is 1.19. The molecule has 1 aromatic rings. The van der Waals surface area contributed by atoms with Gasteiger partial charge in [0.25, 0.3) is 0 Å². The summed E-state index contributed by atoms with van der Waals surface area (Å²) in [7, 11) is -3.21. The number of rotatable bonds is 3. The first-order valence-electron chi connectivity index (χ1n) is 5.24. The molecule has 0 radical (unpaired) electrons. The molecule has 6 heteroatoms. The zero-order valence-electron chi connectivity index (χ0n) is 9.43. The van der Waals surface area contributed by atoms with Gasteiger partial charge in [-0.3, -0.25) is 0 Å². The van der Waals surface area contributed by atoms with Crippen molar-refractivity contribution in [1.82, 2.24) is 0 Å². The Bertz CT molecular complexity index is 546. The molecule has 4 N–H and O–H groups in total. The maximum absolute atomic E-state index is 11.7. The SMILES string of the molecule is CS(=O)(=O)[C@@H]1[C@@H](c2cccc(Cl)c2)[C@@]1(N)CN. The van der Waals surface area contributed by atoms with Crippen LogP contribution in [-0.4, -0.2) is 32.0 Å². The van der Waals surface area contributed by atoms with Gasteiger partial charge in [-0.05, 0) is 17.7 Å². The van der Waals surface area contributed by atoms with Crippen LogP contribution in [-0.2, 0) is 9.84 Å². The van der Waals surface area contributed by atoms with Crippen LogP contribution in [0, 0.1) is 0 Å². The number of benzene rings is 1. The molecule has 94 valence electrons. The van der Waals surface area contributed by atoms with Gasteiger partial charge in [0, 0.05) is 23.7 Å². The number of hydrogen-bond donors (Lipinski definition) is 2. The van der Waals surface area contributed by atoms with Gasteiger partial charge in [0.15, 0.2) is 9.84 Å². The van der Waals surface area contributed by atoms with Gasteiger partial charge in [-0.2, -0.15) is 0 Å². The summed E-state index contributed by atoms with van der Waals surface area (Å²) >= 11 is 5.89. The quantitative estimate of drug-likeness (QED) is 0.841. The second-order valence-electron chi connectivity index (χ2n) is 4.60. The van der Waals surface area contributed by atoms with Gasteiger partial charge in [0.2, 0.25) is 0 Å². The highest BCUT2D eigenvalue weighted by Crippen LogP contribution is 2.53. The Morgan fingerprint density at radius 3 is 2.53 bits per heavy atom. The molecule has 1 aromatic carbocycles. The van der Waals surface area contributed by atoms with E-state index in [-0.39, 0.29) is 12.5 Å². The Hall–Kier alpha value is -0.620. The van der Waals surface area contributed by atoms with Crippen molar-refractivity contribution >= 4 is 21.4 Å². The van der Waals surface area contributed by atoms with E-state index in [1.807, 2.05) is 6.07 Å². The van der Waals surface area contributed by atoms with Crippen molar-refractivity contribution in [2.75, 3.05) is 12.8 Å². The van der Waals surface area contributed by atoms with Gasteiger partial charge in [-0.15, -0.1) is 0 Å². The second-order valence-corrected chi connectivity index (χ2v) is 7.20. The highest BCUT2D eigenvalue weighted by Gasteiger charge is 2.67. The van der Waals surface area contributed by atoms with Crippen LogP contribution in [0.25, 0.3) is 0 Å². The molecule has 0 heterocycles. The van der Waals surface area contributed by atoms with Crippen molar-refractivity contribution in [2.45, 2.75) is 16.7 Å². The lowest BCUT2D eigenvalue weighted by atomic mass is 10.1. The van der Waals surface area contributed by atoms with Crippen LogP contribution in [0.5, 0.6) is 0 Å². The fourth-order valence-corrected chi connectivity index (χ4v) is 4.56. The number of halogens is 1. The average molecular weight is 275 g/mol. The molecule has 4 nitrogen and oxygen atoms in total. The summed E-state index contributed by atoms with van der Waals surface area (Å²) in [4.78, 5) is 0. The highest BCUT2D eigenvalue weighted by atomic mass is 35.5. The Morgan fingerprint density at radius 2 is 2.12 bits per heavy atom. The lowest BCUT2D eigenvalue weighted by Gasteiger charge is -2.07. The summed E-state index contributed by atoms with van der Waals surface area (Å²) in [6, 6.07) is 7.10. The summed E-state index contributed by atoms with van der Waals surface area (Å²) in [5.41, 5.74) is 11.6. The van der Waals surface area contributed by atoms with Gasteiger partial charge in [-0.25, -0.2) is 8.42 Å². The Morgan fingerprint density at radius 1 is 1.47 bits per heavy atom. The normalized spacial score (nSPS) is 32.5. The smallest absolute Gasteiger partial charge is 0.152 e. The van der Waals surface area contributed by atoms with E-state index in [1.54, 1.807) is 18.2 Å². The molecule has 1 saturated carbocycles. The zero-order valence-corrected chi connectivity index (χ0v) is 11.0. The summed E-state index contributed by atoms with van der Waals surface area (Å²) in [6.45, 7) is 0.141. The van der Waals surface area contributed by atoms with E-state index in [2.05, 4.69) is 0 Å². The van der Waals surface area contributed by atoms with Crippen LogP contribution < -0.4 is 11.5 Å². The van der Waals surface area contributed by atoms with Gasteiger partial charge in [0.05, 0.1) is 10.8 Å². The number of hydrogen-bond acceptors (Lipinski definition) is 4. The lowest BCUT2D eigenvalue weighted by Crippen LogP contribution is -2.38. The van der Waals surface area contributed by atoms with Crippen LogP contribution >= 0.6 is 11.6 Å². The molecule has 1 fully saturated rings. The minimum absolute atomic E-state index is 0.141. The summed E-state index contributed by atoms with van der Waals surface area (Å²) in [5, 5.41) is -0.0421. The third-order valence-electron chi connectivity index (χ3n) is 3.32. The lowest BCUT2D eigenvalue weighted by molar-refractivity contribution is 0.591. The van der Waals surface area contributed by atoms with Gasteiger partial charge in [-0.1, -0.05) is 23.7 Å². The Labute approximate surface area is 106 Å². The molecule has 0 amide bonds. The minimum Gasteiger partial charge on any atom is -0.329 e. The monoisotopic (exact) mass is 274 g/mol. The maximum Gasteiger partial charge on any atom is 0.152 e. The molecule has 3 atom stereocenters. The van der Waals surface area contributed by atoms with E-state index in [0.717, 1.165) is 5.56 Å². The van der Waals surface area contributed by atoms with Crippen molar-refractivity contribution in [3.63, 3.8) is 0 Å². The molecule has 2 rings (SSSR count). The van der Waals surface area contributed by atoms with E-state index < -0.39 is 20.6 Å². The largest absolute Gasteiger partial charge is 0.329 e. The molecule has 17 heavy (non-hydrogen) atoms. The molecular weight excluding hydrogens is 260 g/mol.